The average molecular weight is 239 g/mol. The van der Waals surface area contributed by atoms with E-state index < -0.39 is 0 Å². The van der Waals surface area contributed by atoms with Crippen LogP contribution in [0.25, 0.3) is 0 Å². The molecule has 0 aliphatic heterocycles. The van der Waals surface area contributed by atoms with E-state index in [1.54, 1.807) is 11.3 Å². The summed E-state index contributed by atoms with van der Waals surface area (Å²) < 4.78 is 0. The van der Waals surface area contributed by atoms with E-state index in [0.29, 0.717) is 24.6 Å². The van der Waals surface area contributed by atoms with Crippen LogP contribution in [0, 0.1) is 5.92 Å². The van der Waals surface area contributed by atoms with E-state index in [9.17, 15) is 5.11 Å². The van der Waals surface area contributed by atoms with Crippen LogP contribution >= 0.6 is 11.3 Å². The molecule has 0 spiro atoms. The van der Waals surface area contributed by atoms with Crippen molar-refractivity contribution in [1.82, 2.24) is 5.32 Å². The van der Waals surface area contributed by atoms with Crippen molar-refractivity contribution in [3.63, 3.8) is 0 Å². The molecule has 1 aliphatic rings. The summed E-state index contributed by atoms with van der Waals surface area (Å²) in [6.07, 6.45) is 4.95. The standard InChI is InChI=1S/C13H21NOS/c1-10(13-7-4-8-16-13)14-12-6-3-2-5-11(12)9-15/h4,7-8,10-12,14-15H,2-3,5-6,9H2,1H3. The van der Waals surface area contributed by atoms with Gasteiger partial charge in [-0.15, -0.1) is 11.3 Å². The monoisotopic (exact) mass is 239 g/mol. The molecule has 1 aromatic heterocycles. The Labute approximate surface area is 102 Å². The van der Waals surface area contributed by atoms with Crippen LogP contribution in [0.15, 0.2) is 17.5 Å². The van der Waals surface area contributed by atoms with Crippen molar-refractivity contribution in [3.8, 4) is 0 Å². The van der Waals surface area contributed by atoms with Crippen LogP contribution in [-0.2, 0) is 0 Å². The van der Waals surface area contributed by atoms with E-state index in [0.717, 1.165) is 0 Å². The van der Waals surface area contributed by atoms with Gasteiger partial charge in [0.05, 0.1) is 0 Å². The van der Waals surface area contributed by atoms with Crippen molar-refractivity contribution in [3.05, 3.63) is 22.4 Å². The van der Waals surface area contributed by atoms with Crippen molar-refractivity contribution in [2.45, 2.75) is 44.7 Å². The van der Waals surface area contributed by atoms with Crippen molar-refractivity contribution < 1.29 is 5.11 Å². The van der Waals surface area contributed by atoms with Crippen LogP contribution < -0.4 is 5.32 Å². The van der Waals surface area contributed by atoms with E-state index in [-0.39, 0.29) is 0 Å². The lowest BCUT2D eigenvalue weighted by Gasteiger charge is -2.33. The summed E-state index contributed by atoms with van der Waals surface area (Å²) >= 11 is 1.80. The topological polar surface area (TPSA) is 32.3 Å². The van der Waals surface area contributed by atoms with Crippen LogP contribution in [0.3, 0.4) is 0 Å². The van der Waals surface area contributed by atoms with Gasteiger partial charge in [0.2, 0.25) is 0 Å². The summed E-state index contributed by atoms with van der Waals surface area (Å²) in [5.74, 6) is 0.455. The normalized spacial score (nSPS) is 27.9. The molecule has 2 nitrogen and oxygen atoms in total. The zero-order chi connectivity index (χ0) is 11.4. The van der Waals surface area contributed by atoms with Gasteiger partial charge in [0.25, 0.3) is 0 Å². The third kappa shape index (κ3) is 2.84. The predicted octanol–water partition coefficient (Wildman–Crippen LogP) is 2.95. The van der Waals surface area contributed by atoms with Crippen molar-refractivity contribution in [2.75, 3.05) is 6.61 Å². The highest BCUT2D eigenvalue weighted by Crippen LogP contribution is 2.27. The first-order valence-corrected chi connectivity index (χ1v) is 7.09. The second-order valence-electron chi connectivity index (χ2n) is 4.74. The Hall–Kier alpha value is -0.380. The summed E-state index contributed by atoms with van der Waals surface area (Å²) in [6, 6.07) is 5.19. The number of thiophene rings is 1. The minimum absolute atomic E-state index is 0.328. The maximum absolute atomic E-state index is 9.37. The molecule has 1 aromatic rings. The van der Waals surface area contributed by atoms with Gasteiger partial charge in [-0.1, -0.05) is 18.9 Å². The molecule has 0 radical (unpaired) electrons. The number of nitrogens with one attached hydrogen (secondary N) is 1. The molecular weight excluding hydrogens is 218 g/mol. The third-order valence-electron chi connectivity index (χ3n) is 3.58. The smallest absolute Gasteiger partial charge is 0.0474 e. The van der Waals surface area contributed by atoms with Gasteiger partial charge in [-0.05, 0) is 37.1 Å². The van der Waals surface area contributed by atoms with E-state index in [4.69, 9.17) is 0 Å². The molecular formula is C13H21NOS. The van der Waals surface area contributed by atoms with Crippen LogP contribution in [-0.4, -0.2) is 17.8 Å². The SMILES string of the molecule is CC(NC1CCCCC1CO)c1cccs1. The Kier molecular flexibility index (Phi) is 4.38. The molecule has 3 atom stereocenters. The van der Waals surface area contributed by atoms with Crippen molar-refractivity contribution >= 4 is 11.3 Å². The lowest BCUT2D eigenvalue weighted by atomic mass is 9.84. The van der Waals surface area contributed by atoms with Gasteiger partial charge in [0.1, 0.15) is 0 Å². The maximum atomic E-state index is 9.37. The van der Waals surface area contributed by atoms with Gasteiger partial charge in [0.15, 0.2) is 0 Å². The van der Waals surface area contributed by atoms with Gasteiger partial charge < -0.3 is 10.4 Å². The molecule has 0 amide bonds. The van der Waals surface area contributed by atoms with Gasteiger partial charge >= 0.3 is 0 Å². The van der Waals surface area contributed by atoms with Crippen LogP contribution in [0.4, 0.5) is 0 Å². The summed E-state index contributed by atoms with van der Waals surface area (Å²) in [5, 5.41) is 15.2. The molecule has 16 heavy (non-hydrogen) atoms. The number of hydrogen-bond donors (Lipinski definition) is 2. The largest absolute Gasteiger partial charge is 0.396 e. The first-order valence-electron chi connectivity index (χ1n) is 6.21. The zero-order valence-electron chi connectivity index (χ0n) is 9.86. The fraction of sp³-hybridized carbons (Fsp3) is 0.692. The molecule has 1 aliphatic carbocycles. The quantitative estimate of drug-likeness (QED) is 0.846. The van der Waals surface area contributed by atoms with Gasteiger partial charge in [-0.25, -0.2) is 0 Å². The van der Waals surface area contributed by atoms with Crippen LogP contribution in [0.2, 0.25) is 0 Å². The summed E-state index contributed by atoms with van der Waals surface area (Å²) in [5.41, 5.74) is 0. The lowest BCUT2D eigenvalue weighted by molar-refractivity contribution is 0.147. The van der Waals surface area contributed by atoms with Gasteiger partial charge in [-0.3, -0.25) is 0 Å². The molecule has 1 saturated carbocycles. The molecule has 3 heteroatoms. The predicted molar refractivity (Wildman–Crippen MR) is 68.7 cm³/mol. The van der Waals surface area contributed by atoms with Crippen LogP contribution in [0.1, 0.15) is 43.5 Å². The van der Waals surface area contributed by atoms with E-state index in [2.05, 4.69) is 29.8 Å². The Bertz CT molecular complexity index is 299. The first-order chi connectivity index (χ1) is 7.81. The fourth-order valence-electron chi connectivity index (χ4n) is 2.59. The first kappa shape index (κ1) is 12.1. The maximum Gasteiger partial charge on any atom is 0.0474 e. The Balaban J connectivity index is 1.92. The molecule has 90 valence electrons. The zero-order valence-corrected chi connectivity index (χ0v) is 10.7. The fourth-order valence-corrected chi connectivity index (χ4v) is 3.33. The number of rotatable bonds is 4. The summed E-state index contributed by atoms with van der Waals surface area (Å²) in [7, 11) is 0. The Morgan fingerprint density at radius 1 is 1.50 bits per heavy atom. The molecule has 0 saturated heterocycles. The minimum Gasteiger partial charge on any atom is -0.396 e. The minimum atomic E-state index is 0.328. The van der Waals surface area contributed by atoms with E-state index in [1.165, 1.54) is 30.6 Å². The lowest BCUT2D eigenvalue weighted by Crippen LogP contribution is -2.41. The summed E-state index contributed by atoms with van der Waals surface area (Å²) in [6.45, 7) is 2.55. The van der Waals surface area contributed by atoms with Crippen LogP contribution in [0.5, 0.6) is 0 Å². The molecule has 2 rings (SSSR count). The highest BCUT2D eigenvalue weighted by atomic mass is 32.1. The highest BCUT2D eigenvalue weighted by Gasteiger charge is 2.25. The molecule has 1 heterocycles. The average Bonchev–Trinajstić information content (AvgIpc) is 2.83. The number of hydrogen-bond acceptors (Lipinski definition) is 3. The van der Waals surface area contributed by atoms with E-state index in [1.807, 2.05) is 0 Å². The number of aliphatic hydroxyl groups is 1. The third-order valence-corrected chi connectivity index (χ3v) is 4.63. The van der Waals surface area contributed by atoms with Gasteiger partial charge in [0, 0.05) is 23.6 Å². The number of aliphatic hydroxyl groups excluding tert-OH is 1. The Morgan fingerprint density at radius 2 is 2.31 bits per heavy atom. The molecule has 0 aromatic carbocycles. The van der Waals surface area contributed by atoms with Crippen molar-refractivity contribution in [2.24, 2.45) is 5.92 Å². The van der Waals surface area contributed by atoms with Crippen molar-refractivity contribution in [1.29, 1.82) is 0 Å². The Morgan fingerprint density at radius 3 is 3.00 bits per heavy atom. The highest BCUT2D eigenvalue weighted by molar-refractivity contribution is 7.10. The molecule has 3 unspecified atom stereocenters. The molecule has 2 N–H and O–H groups in total. The molecule has 1 fully saturated rings. The molecule has 0 bridgehead atoms. The summed E-state index contributed by atoms with van der Waals surface area (Å²) in [4.78, 5) is 1.39. The van der Waals surface area contributed by atoms with Gasteiger partial charge in [-0.2, -0.15) is 0 Å². The van der Waals surface area contributed by atoms with E-state index >= 15 is 0 Å². The second kappa shape index (κ2) is 5.80. The second-order valence-corrected chi connectivity index (χ2v) is 5.72.